The largest absolute Gasteiger partial charge is 0.508 e. The third-order valence-corrected chi connectivity index (χ3v) is 2.39. The summed E-state index contributed by atoms with van der Waals surface area (Å²) in [5.41, 5.74) is -0.0624. The molecule has 1 N–H and O–H groups in total. The molecule has 0 unspecified atom stereocenters. The van der Waals surface area contributed by atoms with E-state index in [0.717, 1.165) is 18.2 Å². The van der Waals surface area contributed by atoms with E-state index < -0.39 is 23.7 Å². The Morgan fingerprint density at radius 2 is 2.20 bits per heavy atom. The highest BCUT2D eigenvalue weighted by Gasteiger charge is 2.39. The van der Waals surface area contributed by atoms with Crippen LogP contribution in [0, 0.1) is 0 Å². The smallest absolute Gasteiger partial charge is 0.449 e. The van der Waals surface area contributed by atoms with Crippen molar-refractivity contribution in [2.45, 2.75) is 25.9 Å². The number of hydrogen-bond donors (Lipinski definition) is 1. The number of aliphatic hydroxyl groups is 1. The molecule has 1 aliphatic rings. The molecule has 7 heteroatoms. The average molecular weight is 292 g/mol. The molecular weight excluding hydrogens is 277 g/mol. The third-order valence-electron chi connectivity index (χ3n) is 2.39. The van der Waals surface area contributed by atoms with Gasteiger partial charge in [-0.2, -0.15) is 13.2 Å². The fraction of sp³-hybridized carbons (Fsp3) is 0.462. The molecule has 0 aromatic heterocycles. The maximum Gasteiger partial charge on any atom is 0.449 e. The van der Waals surface area contributed by atoms with Gasteiger partial charge in [0.15, 0.2) is 0 Å². The molecule has 0 saturated heterocycles. The van der Waals surface area contributed by atoms with Crippen LogP contribution in [0.15, 0.2) is 35.3 Å². The molecule has 20 heavy (non-hydrogen) atoms. The molecule has 0 bridgehead atoms. The monoisotopic (exact) mass is 292 g/mol. The van der Waals surface area contributed by atoms with Crippen LogP contribution < -0.4 is 0 Å². The lowest BCUT2D eigenvalue weighted by molar-refractivity contribution is -0.137. The van der Waals surface area contributed by atoms with Gasteiger partial charge in [-0.25, -0.2) is 4.79 Å². The standard InChI is InChI=1S/C13H15F3O4/c1-2-19-11(18)8-10(17)6-5-9-4-3-7-20-12(9)13(14,15)16/h5-6,8,17H,2-4,7H2,1H3/b6-5+,10-8-. The van der Waals surface area contributed by atoms with Gasteiger partial charge in [-0.15, -0.1) is 0 Å². The van der Waals surface area contributed by atoms with Crippen molar-refractivity contribution in [1.29, 1.82) is 0 Å². The number of halogens is 3. The highest BCUT2D eigenvalue weighted by atomic mass is 19.4. The number of rotatable bonds is 4. The zero-order valence-corrected chi connectivity index (χ0v) is 10.9. The highest BCUT2D eigenvalue weighted by molar-refractivity contribution is 5.82. The van der Waals surface area contributed by atoms with Crippen molar-refractivity contribution >= 4 is 5.97 Å². The Bertz CT molecular complexity index is 447. The van der Waals surface area contributed by atoms with Crippen molar-refractivity contribution in [2.24, 2.45) is 0 Å². The minimum Gasteiger partial charge on any atom is -0.508 e. The lowest BCUT2D eigenvalue weighted by Crippen LogP contribution is -2.20. The summed E-state index contributed by atoms with van der Waals surface area (Å²) in [6.07, 6.45) is -1.03. The van der Waals surface area contributed by atoms with E-state index >= 15 is 0 Å². The summed E-state index contributed by atoms with van der Waals surface area (Å²) < 4.78 is 47.1. The van der Waals surface area contributed by atoms with Gasteiger partial charge >= 0.3 is 12.1 Å². The van der Waals surface area contributed by atoms with Crippen LogP contribution in [0.5, 0.6) is 0 Å². The SMILES string of the molecule is CCOC(=O)/C=C(O)/C=C/C1=C(C(F)(F)F)OCCC1. The van der Waals surface area contributed by atoms with E-state index in [2.05, 4.69) is 9.47 Å². The van der Waals surface area contributed by atoms with E-state index in [1.807, 2.05) is 0 Å². The Hall–Kier alpha value is -1.92. The normalized spacial score (nSPS) is 17.3. The van der Waals surface area contributed by atoms with Crippen LogP contribution in [0.4, 0.5) is 13.2 Å². The van der Waals surface area contributed by atoms with Crippen LogP contribution in [-0.4, -0.2) is 30.5 Å². The van der Waals surface area contributed by atoms with E-state index in [-0.39, 0.29) is 25.2 Å². The average Bonchev–Trinajstić information content (AvgIpc) is 2.36. The molecular formula is C13H15F3O4. The maximum absolute atomic E-state index is 12.7. The van der Waals surface area contributed by atoms with Crippen LogP contribution in [0.2, 0.25) is 0 Å². The van der Waals surface area contributed by atoms with Crippen molar-refractivity contribution in [3.63, 3.8) is 0 Å². The second-order valence-electron chi connectivity index (χ2n) is 3.96. The molecule has 0 radical (unpaired) electrons. The van der Waals surface area contributed by atoms with Crippen molar-refractivity contribution < 1.29 is 32.5 Å². The van der Waals surface area contributed by atoms with Gasteiger partial charge in [-0.1, -0.05) is 6.08 Å². The second-order valence-corrected chi connectivity index (χ2v) is 3.96. The summed E-state index contributed by atoms with van der Waals surface area (Å²) >= 11 is 0. The van der Waals surface area contributed by atoms with Gasteiger partial charge in [0.25, 0.3) is 0 Å². The Morgan fingerprint density at radius 1 is 1.50 bits per heavy atom. The van der Waals surface area contributed by atoms with Crippen molar-refractivity contribution in [3.05, 3.63) is 35.3 Å². The van der Waals surface area contributed by atoms with E-state index in [9.17, 15) is 23.1 Å². The predicted octanol–water partition coefficient (Wildman–Crippen LogP) is 3.17. The van der Waals surface area contributed by atoms with Crippen LogP contribution in [0.25, 0.3) is 0 Å². The summed E-state index contributed by atoms with van der Waals surface area (Å²) in [7, 11) is 0. The summed E-state index contributed by atoms with van der Waals surface area (Å²) in [6, 6.07) is 0. The summed E-state index contributed by atoms with van der Waals surface area (Å²) in [6.45, 7) is 1.75. The third kappa shape index (κ3) is 4.99. The number of carbonyl (C=O) groups excluding carboxylic acids is 1. The summed E-state index contributed by atoms with van der Waals surface area (Å²) in [4.78, 5) is 11.0. The Balaban J connectivity index is 2.86. The number of ether oxygens (including phenoxy) is 2. The minimum absolute atomic E-state index is 0.0107. The quantitative estimate of drug-likeness (QED) is 0.374. The summed E-state index contributed by atoms with van der Waals surface area (Å²) in [5.74, 6) is -2.30. The fourth-order valence-electron chi connectivity index (χ4n) is 1.60. The number of hydrogen-bond acceptors (Lipinski definition) is 4. The van der Waals surface area contributed by atoms with Crippen molar-refractivity contribution in [2.75, 3.05) is 13.2 Å². The molecule has 112 valence electrons. The van der Waals surface area contributed by atoms with Crippen LogP contribution in [-0.2, 0) is 14.3 Å². The van der Waals surface area contributed by atoms with Gasteiger partial charge in [0.05, 0.1) is 19.3 Å². The number of carbonyl (C=O) groups is 1. The van der Waals surface area contributed by atoms with E-state index in [0.29, 0.717) is 6.42 Å². The molecule has 0 atom stereocenters. The minimum atomic E-state index is -4.57. The van der Waals surface area contributed by atoms with Gasteiger partial charge in [-0.3, -0.25) is 0 Å². The lowest BCUT2D eigenvalue weighted by atomic mass is 10.1. The van der Waals surface area contributed by atoms with Crippen molar-refractivity contribution in [1.82, 2.24) is 0 Å². The first-order valence-electron chi connectivity index (χ1n) is 6.03. The summed E-state index contributed by atoms with van der Waals surface area (Å²) in [5, 5.41) is 9.39. The molecule has 0 aromatic rings. The van der Waals surface area contributed by atoms with Crippen molar-refractivity contribution in [3.8, 4) is 0 Å². The van der Waals surface area contributed by atoms with Gasteiger partial charge in [0.2, 0.25) is 5.76 Å². The maximum atomic E-state index is 12.7. The highest BCUT2D eigenvalue weighted by Crippen LogP contribution is 2.34. The molecule has 0 saturated carbocycles. The van der Waals surface area contributed by atoms with Gasteiger partial charge in [-0.05, 0) is 31.4 Å². The van der Waals surface area contributed by atoms with Gasteiger partial charge in [0.1, 0.15) is 5.76 Å². The first-order chi connectivity index (χ1) is 9.34. The zero-order chi connectivity index (χ0) is 15.2. The molecule has 1 aliphatic heterocycles. The van der Waals surface area contributed by atoms with Crippen LogP contribution in [0.1, 0.15) is 19.8 Å². The second kappa shape index (κ2) is 7.02. The number of esters is 1. The zero-order valence-electron chi connectivity index (χ0n) is 10.9. The van der Waals surface area contributed by atoms with Crippen LogP contribution >= 0.6 is 0 Å². The lowest BCUT2D eigenvalue weighted by Gasteiger charge is -2.21. The molecule has 1 heterocycles. The number of allylic oxidation sites excluding steroid dienone is 4. The van der Waals surface area contributed by atoms with Crippen LogP contribution in [0.3, 0.4) is 0 Å². The molecule has 0 spiro atoms. The molecule has 0 aromatic carbocycles. The Morgan fingerprint density at radius 3 is 2.80 bits per heavy atom. The fourth-order valence-corrected chi connectivity index (χ4v) is 1.60. The molecule has 0 aliphatic carbocycles. The topological polar surface area (TPSA) is 55.8 Å². The molecule has 0 fully saturated rings. The number of alkyl halides is 3. The predicted molar refractivity (Wildman–Crippen MR) is 64.8 cm³/mol. The first kappa shape index (κ1) is 16.1. The molecule has 4 nitrogen and oxygen atoms in total. The van der Waals surface area contributed by atoms with E-state index in [1.54, 1.807) is 6.92 Å². The number of aliphatic hydroxyl groups excluding tert-OH is 1. The molecule has 0 amide bonds. The van der Waals surface area contributed by atoms with E-state index in [4.69, 9.17) is 0 Å². The van der Waals surface area contributed by atoms with E-state index in [1.165, 1.54) is 0 Å². The first-order valence-corrected chi connectivity index (χ1v) is 6.03. The van der Waals surface area contributed by atoms with Gasteiger partial charge in [0, 0.05) is 0 Å². The Labute approximate surface area is 114 Å². The molecule has 1 rings (SSSR count). The Kier molecular flexibility index (Phi) is 5.66. The van der Waals surface area contributed by atoms with Gasteiger partial charge < -0.3 is 14.6 Å².